The first kappa shape index (κ1) is 16.3. The van der Waals surface area contributed by atoms with Crippen LogP contribution >= 0.6 is 0 Å². The van der Waals surface area contributed by atoms with Crippen molar-refractivity contribution in [1.82, 2.24) is 10.2 Å². The predicted molar refractivity (Wildman–Crippen MR) is 94.2 cm³/mol. The number of hydrogen-bond acceptors (Lipinski definition) is 4. The van der Waals surface area contributed by atoms with E-state index in [0.29, 0.717) is 26.1 Å². The molecule has 3 aliphatic heterocycles. The summed E-state index contributed by atoms with van der Waals surface area (Å²) in [6.45, 7) is 2.04. The molecule has 0 radical (unpaired) electrons. The van der Waals surface area contributed by atoms with E-state index in [-0.39, 0.29) is 17.9 Å². The minimum absolute atomic E-state index is 0.0744. The Morgan fingerprint density at radius 1 is 1.36 bits per heavy atom. The van der Waals surface area contributed by atoms with E-state index in [1.807, 2.05) is 11.0 Å². The number of amides is 2. The van der Waals surface area contributed by atoms with E-state index in [4.69, 9.17) is 9.47 Å². The highest BCUT2D eigenvalue weighted by molar-refractivity contribution is 5.87. The highest BCUT2D eigenvalue weighted by Crippen LogP contribution is 2.43. The largest absolute Gasteiger partial charge is 0.365 e. The van der Waals surface area contributed by atoms with Gasteiger partial charge in [0.1, 0.15) is 0 Å². The summed E-state index contributed by atoms with van der Waals surface area (Å²) >= 11 is 0. The molecule has 1 fully saturated rings. The Bertz CT molecular complexity index is 720. The lowest BCUT2D eigenvalue weighted by atomic mass is 9.84. The van der Waals surface area contributed by atoms with Crippen molar-refractivity contribution in [1.29, 1.82) is 0 Å². The molecule has 6 heteroatoms. The van der Waals surface area contributed by atoms with Crippen LogP contribution in [0.4, 0.5) is 4.79 Å². The van der Waals surface area contributed by atoms with Gasteiger partial charge < -0.3 is 19.7 Å². The zero-order valence-electron chi connectivity index (χ0n) is 14.4. The number of nitrogens with one attached hydrogen (secondary N) is 1. The topological polar surface area (TPSA) is 63.2 Å². The fraction of sp³-hybridized carbons (Fsp3) is 0.474. The molecule has 4 rings (SSSR count). The quantitative estimate of drug-likeness (QED) is 0.899. The molecular weight excluding hydrogens is 318 g/mol. The minimum Gasteiger partial charge on any atom is -0.365 e. The number of dihydropyridines is 1. The van der Waals surface area contributed by atoms with Crippen molar-refractivity contribution in [2.75, 3.05) is 20.2 Å². The summed E-state index contributed by atoms with van der Waals surface area (Å²) in [5.41, 5.74) is 3.09. The standard InChI is InChI=1S/C19H23N3O3/c1-24-17-7-6-15(12-20-17)21-18(23)22-10-8-19(9-11-22)16-5-3-2-4-14(16)13-25-19/h2-6,12,17H,7-11,13H2,1H3,(H,21,23). The van der Waals surface area contributed by atoms with Crippen molar-refractivity contribution >= 4 is 12.2 Å². The van der Waals surface area contributed by atoms with Crippen LogP contribution in [0.15, 0.2) is 41.0 Å². The summed E-state index contributed by atoms with van der Waals surface area (Å²) < 4.78 is 11.3. The maximum absolute atomic E-state index is 12.5. The van der Waals surface area contributed by atoms with Crippen molar-refractivity contribution in [3.05, 3.63) is 47.2 Å². The second kappa shape index (κ2) is 6.61. The Kier molecular flexibility index (Phi) is 4.31. The van der Waals surface area contributed by atoms with Crippen molar-refractivity contribution in [3.8, 4) is 0 Å². The number of nitrogens with zero attached hydrogens (tertiary/aromatic N) is 2. The third-order valence-corrected chi connectivity index (χ3v) is 5.31. The first-order valence-electron chi connectivity index (χ1n) is 8.75. The van der Waals surface area contributed by atoms with Crippen LogP contribution in [-0.4, -0.2) is 43.6 Å². The van der Waals surface area contributed by atoms with Crippen molar-refractivity contribution < 1.29 is 14.3 Å². The molecule has 1 aromatic carbocycles. The SMILES string of the molecule is COC1CC=C(NC(=O)N2CCC3(CC2)OCc2ccccc23)C=N1. The monoisotopic (exact) mass is 341 g/mol. The Labute approximate surface area is 147 Å². The van der Waals surface area contributed by atoms with Crippen LogP contribution in [0, 0.1) is 0 Å². The number of ether oxygens (including phenoxy) is 2. The molecule has 25 heavy (non-hydrogen) atoms. The Balaban J connectivity index is 1.36. The van der Waals surface area contributed by atoms with Gasteiger partial charge in [-0.3, -0.25) is 4.99 Å². The zero-order valence-corrected chi connectivity index (χ0v) is 14.4. The summed E-state index contributed by atoms with van der Waals surface area (Å²) in [5, 5.41) is 2.93. The normalized spacial score (nSPS) is 24.1. The average molecular weight is 341 g/mol. The molecule has 1 aromatic rings. The minimum atomic E-state index is -0.218. The van der Waals surface area contributed by atoms with Crippen LogP contribution in [0.1, 0.15) is 30.4 Å². The van der Waals surface area contributed by atoms with Gasteiger partial charge in [0, 0.05) is 32.8 Å². The number of benzene rings is 1. The van der Waals surface area contributed by atoms with Gasteiger partial charge >= 0.3 is 6.03 Å². The summed E-state index contributed by atoms with van der Waals surface area (Å²) in [4.78, 5) is 18.6. The zero-order chi connectivity index (χ0) is 17.3. The molecule has 3 heterocycles. The summed E-state index contributed by atoms with van der Waals surface area (Å²) in [6, 6.07) is 8.34. The number of methoxy groups -OCH3 is 1. The Morgan fingerprint density at radius 2 is 2.16 bits per heavy atom. The van der Waals surface area contributed by atoms with Gasteiger partial charge in [0.2, 0.25) is 0 Å². The number of carbonyl (C=O) groups excluding carboxylic acids is 1. The highest BCUT2D eigenvalue weighted by atomic mass is 16.5. The fourth-order valence-electron chi connectivity index (χ4n) is 3.82. The number of allylic oxidation sites excluding steroid dienone is 1. The Morgan fingerprint density at radius 3 is 2.88 bits per heavy atom. The number of carbonyl (C=O) groups is 1. The molecule has 1 spiro atoms. The van der Waals surface area contributed by atoms with E-state index in [1.54, 1.807) is 13.3 Å². The fourth-order valence-corrected chi connectivity index (χ4v) is 3.82. The number of fused-ring (bicyclic) bond motifs is 2. The summed E-state index contributed by atoms with van der Waals surface area (Å²) in [7, 11) is 1.63. The van der Waals surface area contributed by atoms with Crippen LogP contribution in [0.3, 0.4) is 0 Å². The lowest BCUT2D eigenvalue weighted by Gasteiger charge is -2.39. The molecule has 6 nitrogen and oxygen atoms in total. The van der Waals surface area contributed by atoms with E-state index >= 15 is 0 Å². The molecule has 0 aromatic heterocycles. The van der Waals surface area contributed by atoms with Gasteiger partial charge in [-0.1, -0.05) is 30.3 Å². The molecule has 3 aliphatic rings. The van der Waals surface area contributed by atoms with Gasteiger partial charge in [-0.25, -0.2) is 4.79 Å². The highest BCUT2D eigenvalue weighted by Gasteiger charge is 2.43. The van der Waals surface area contributed by atoms with Gasteiger partial charge in [0.15, 0.2) is 6.23 Å². The first-order valence-corrected chi connectivity index (χ1v) is 8.75. The maximum atomic E-state index is 12.5. The van der Waals surface area contributed by atoms with Gasteiger partial charge in [-0.2, -0.15) is 0 Å². The van der Waals surface area contributed by atoms with Crippen LogP contribution in [0.25, 0.3) is 0 Å². The molecule has 1 unspecified atom stereocenters. The number of aliphatic imine (C=N–C) groups is 1. The second-order valence-corrected chi connectivity index (χ2v) is 6.72. The third-order valence-electron chi connectivity index (χ3n) is 5.31. The van der Waals surface area contributed by atoms with Gasteiger partial charge in [-0.15, -0.1) is 0 Å². The van der Waals surface area contributed by atoms with E-state index in [2.05, 4.69) is 34.6 Å². The van der Waals surface area contributed by atoms with Gasteiger partial charge in [0.05, 0.1) is 17.9 Å². The smallest absolute Gasteiger partial charge is 0.321 e. The van der Waals surface area contributed by atoms with Crippen LogP contribution < -0.4 is 5.32 Å². The number of rotatable bonds is 2. The predicted octanol–water partition coefficient (Wildman–Crippen LogP) is 2.55. The molecule has 132 valence electrons. The average Bonchev–Trinajstić information content (AvgIpc) is 3.01. The van der Waals surface area contributed by atoms with Crippen molar-refractivity contribution in [3.63, 3.8) is 0 Å². The number of urea groups is 1. The van der Waals surface area contributed by atoms with Gasteiger partial charge in [-0.05, 0) is 24.0 Å². The lowest BCUT2D eigenvalue weighted by Crippen LogP contribution is -2.48. The lowest BCUT2D eigenvalue weighted by molar-refractivity contribution is -0.0727. The number of hydrogen-bond donors (Lipinski definition) is 1. The first-order chi connectivity index (χ1) is 12.2. The molecule has 0 aliphatic carbocycles. The van der Waals surface area contributed by atoms with E-state index in [1.165, 1.54) is 11.1 Å². The third kappa shape index (κ3) is 3.07. The van der Waals surface area contributed by atoms with E-state index in [9.17, 15) is 4.79 Å². The van der Waals surface area contributed by atoms with Crippen molar-refractivity contribution in [2.45, 2.75) is 37.7 Å². The molecule has 1 atom stereocenters. The van der Waals surface area contributed by atoms with Gasteiger partial charge in [0.25, 0.3) is 0 Å². The molecule has 1 N–H and O–H groups in total. The molecule has 1 saturated heterocycles. The van der Waals surface area contributed by atoms with Crippen LogP contribution in [0.2, 0.25) is 0 Å². The molecule has 2 amide bonds. The number of piperidine rings is 1. The van der Waals surface area contributed by atoms with Crippen LogP contribution in [0.5, 0.6) is 0 Å². The molecular formula is C19H23N3O3. The molecule has 0 saturated carbocycles. The molecule has 0 bridgehead atoms. The van der Waals surface area contributed by atoms with Crippen molar-refractivity contribution in [2.24, 2.45) is 4.99 Å². The van der Waals surface area contributed by atoms with E-state index in [0.717, 1.165) is 18.5 Å². The van der Waals surface area contributed by atoms with E-state index < -0.39 is 0 Å². The maximum Gasteiger partial charge on any atom is 0.321 e. The van der Waals surface area contributed by atoms with Crippen LogP contribution in [-0.2, 0) is 21.7 Å². The summed E-state index contributed by atoms with van der Waals surface area (Å²) in [6.07, 6.45) is 5.80. The second-order valence-electron chi connectivity index (χ2n) is 6.72. The number of likely N-dealkylation sites (tertiary alicyclic amines) is 1. The summed E-state index contributed by atoms with van der Waals surface area (Å²) in [5.74, 6) is 0. The Hall–Kier alpha value is -2.18.